The summed E-state index contributed by atoms with van der Waals surface area (Å²) >= 11 is 5.63. The maximum atomic E-state index is 11.4. The van der Waals surface area contributed by atoms with Crippen molar-refractivity contribution in [2.45, 2.75) is 6.73 Å². The summed E-state index contributed by atoms with van der Waals surface area (Å²) in [6, 6.07) is 0. The summed E-state index contributed by atoms with van der Waals surface area (Å²) in [6.45, 7) is 0.293. The molecule has 2 aromatic rings. The zero-order valence-electron chi connectivity index (χ0n) is 10.4. The molecule has 11 nitrogen and oxygen atoms in total. The van der Waals surface area contributed by atoms with Crippen LogP contribution < -0.4 is 5.56 Å². The third-order valence-electron chi connectivity index (χ3n) is 1.91. The molecule has 0 radical (unpaired) electrons. The molecule has 2 aromatic heterocycles. The number of aliphatic hydroxyl groups excluding tert-OH is 1. The van der Waals surface area contributed by atoms with Gasteiger partial charge in [0.05, 0.1) is 19.5 Å². The minimum absolute atomic E-state index is 0.00130. The lowest BCUT2D eigenvalue weighted by molar-refractivity contribution is 0.0499. The maximum absolute atomic E-state index is 11.4. The van der Waals surface area contributed by atoms with Crippen molar-refractivity contribution in [3.63, 3.8) is 0 Å². The maximum Gasteiger partial charge on any atom is 0.466 e. The summed E-state index contributed by atoms with van der Waals surface area (Å²) < 4.78 is 15.5. The zero-order valence-corrected chi connectivity index (χ0v) is 12.0. The Kier molecular flexibility index (Phi) is 6.42. The van der Waals surface area contributed by atoms with Crippen molar-refractivity contribution in [1.82, 2.24) is 19.5 Å². The highest BCUT2D eigenvalue weighted by Crippen LogP contribution is 2.25. The van der Waals surface area contributed by atoms with Gasteiger partial charge < -0.3 is 24.5 Å². The van der Waals surface area contributed by atoms with Crippen LogP contribution in [0.25, 0.3) is 11.2 Å². The van der Waals surface area contributed by atoms with Crippen molar-refractivity contribution < 1.29 is 29.1 Å². The van der Waals surface area contributed by atoms with Crippen LogP contribution in [0, 0.1) is 0 Å². The van der Waals surface area contributed by atoms with E-state index in [0.717, 1.165) is 0 Å². The normalized spacial score (nSPS) is 11.3. The number of phosphoric acid groups is 1. The van der Waals surface area contributed by atoms with Gasteiger partial charge in [-0.3, -0.25) is 14.3 Å². The molecule has 0 amide bonds. The first-order valence-electron chi connectivity index (χ1n) is 5.30. The zero-order chi connectivity index (χ0) is 16.0. The lowest BCUT2D eigenvalue weighted by atomic mass is 10.5. The number of halogens is 1. The molecule has 0 bridgehead atoms. The number of H-pyrrole nitrogens is 1. The Balaban J connectivity index is 0.000000383. The molecule has 0 aromatic carbocycles. The molecule has 118 valence electrons. The summed E-state index contributed by atoms with van der Waals surface area (Å²) in [4.78, 5) is 43.1. The van der Waals surface area contributed by atoms with Crippen LogP contribution >= 0.6 is 19.4 Å². The predicted octanol–water partition coefficient (Wildman–Crippen LogP) is -1.19. The average molecular weight is 343 g/mol. The number of aromatic nitrogens is 4. The summed E-state index contributed by atoms with van der Waals surface area (Å²) in [5, 5.41) is 8.56. The van der Waals surface area contributed by atoms with E-state index in [-0.39, 0.29) is 30.7 Å². The van der Waals surface area contributed by atoms with Crippen molar-refractivity contribution >= 4 is 30.6 Å². The number of rotatable bonds is 4. The Morgan fingerprint density at radius 3 is 2.62 bits per heavy atom. The van der Waals surface area contributed by atoms with Gasteiger partial charge in [-0.2, -0.15) is 4.98 Å². The Labute approximate surface area is 122 Å². The van der Waals surface area contributed by atoms with Gasteiger partial charge in [-0.1, -0.05) is 0 Å². The number of nitrogens with zero attached hydrogens (tertiary/aromatic N) is 3. The van der Waals surface area contributed by atoms with E-state index in [1.54, 1.807) is 0 Å². The van der Waals surface area contributed by atoms with Gasteiger partial charge in [-0.25, -0.2) is 9.55 Å². The highest BCUT2D eigenvalue weighted by molar-refractivity contribution is 7.45. The van der Waals surface area contributed by atoms with Crippen LogP contribution in [0.3, 0.4) is 0 Å². The molecule has 2 heterocycles. The Morgan fingerprint density at radius 1 is 1.43 bits per heavy atom. The van der Waals surface area contributed by atoms with Crippen molar-refractivity contribution in [3.8, 4) is 0 Å². The van der Waals surface area contributed by atoms with Crippen molar-refractivity contribution in [3.05, 3.63) is 22.0 Å². The van der Waals surface area contributed by atoms with E-state index in [9.17, 15) is 4.79 Å². The number of nitrogens with one attached hydrogen (secondary N) is 1. The van der Waals surface area contributed by atoms with E-state index in [0.29, 0.717) is 5.65 Å². The SMILES string of the molecule is O=P(O)(O)O.O=c1[nH]c(Cl)nc2c1ncn2COCCO. The number of aliphatic hydroxyl groups is 1. The first-order valence-corrected chi connectivity index (χ1v) is 7.24. The van der Waals surface area contributed by atoms with Gasteiger partial charge in [0.25, 0.3) is 5.56 Å². The van der Waals surface area contributed by atoms with Crippen LogP contribution in [-0.4, -0.2) is 52.5 Å². The van der Waals surface area contributed by atoms with Crippen molar-refractivity contribution in [1.29, 1.82) is 0 Å². The summed E-state index contributed by atoms with van der Waals surface area (Å²) in [5.41, 5.74) is 0.166. The largest absolute Gasteiger partial charge is 0.466 e. The molecule has 0 aliphatic heterocycles. The lowest BCUT2D eigenvalue weighted by Gasteiger charge is -2.03. The van der Waals surface area contributed by atoms with Crippen LogP contribution in [0.1, 0.15) is 0 Å². The van der Waals surface area contributed by atoms with Crippen LogP contribution in [0.15, 0.2) is 11.1 Å². The van der Waals surface area contributed by atoms with Crippen molar-refractivity contribution in [2.24, 2.45) is 0 Å². The van der Waals surface area contributed by atoms with Gasteiger partial charge in [0.2, 0.25) is 5.28 Å². The number of fused-ring (bicyclic) bond motifs is 1. The molecule has 0 fully saturated rings. The highest BCUT2D eigenvalue weighted by atomic mass is 35.5. The predicted molar refractivity (Wildman–Crippen MR) is 70.5 cm³/mol. The molecule has 0 unspecified atom stereocenters. The molecular formula is C8H12ClN4O7P. The van der Waals surface area contributed by atoms with E-state index in [1.807, 2.05) is 0 Å². The molecule has 0 atom stereocenters. The summed E-state index contributed by atoms with van der Waals surface area (Å²) in [7, 11) is -4.64. The molecule has 5 N–H and O–H groups in total. The molecular weight excluding hydrogens is 331 g/mol. The van der Waals surface area contributed by atoms with E-state index in [4.69, 9.17) is 40.7 Å². The Hall–Kier alpha value is -1.33. The minimum atomic E-state index is -4.64. The van der Waals surface area contributed by atoms with Gasteiger partial charge in [0, 0.05) is 0 Å². The van der Waals surface area contributed by atoms with E-state index in [1.165, 1.54) is 10.9 Å². The summed E-state index contributed by atoms with van der Waals surface area (Å²) in [6.07, 6.45) is 1.43. The fourth-order valence-electron chi connectivity index (χ4n) is 1.25. The molecule has 2 rings (SSSR count). The average Bonchev–Trinajstić information content (AvgIpc) is 2.71. The summed E-state index contributed by atoms with van der Waals surface area (Å²) in [5.74, 6) is 0. The number of hydrogen-bond donors (Lipinski definition) is 5. The second-order valence-electron chi connectivity index (χ2n) is 3.52. The highest BCUT2D eigenvalue weighted by Gasteiger charge is 2.08. The van der Waals surface area contributed by atoms with Gasteiger partial charge in [0.15, 0.2) is 11.2 Å². The number of aromatic amines is 1. The fraction of sp³-hybridized carbons (Fsp3) is 0.375. The molecule has 21 heavy (non-hydrogen) atoms. The molecule has 0 saturated heterocycles. The fourth-order valence-corrected chi connectivity index (χ4v) is 1.41. The Bertz CT molecular complexity index is 687. The number of hydrogen-bond acceptors (Lipinski definition) is 6. The quantitative estimate of drug-likeness (QED) is 0.260. The van der Waals surface area contributed by atoms with Gasteiger partial charge in [-0.05, 0) is 11.6 Å². The van der Waals surface area contributed by atoms with E-state index < -0.39 is 13.4 Å². The smallest absolute Gasteiger partial charge is 0.394 e. The monoisotopic (exact) mass is 342 g/mol. The molecule has 0 saturated carbocycles. The first kappa shape index (κ1) is 17.7. The standard InChI is InChI=1S/C8H9ClN4O3.H3O4P/c9-8-11-6-5(7(15)12-8)10-3-13(6)4-16-2-1-14;1-5(2,3)4/h3,14H,1-2,4H2,(H,11,12,15);(H3,1,2,3,4). The third-order valence-corrected chi connectivity index (χ3v) is 2.09. The first-order chi connectivity index (χ1) is 9.72. The second-order valence-corrected chi connectivity index (χ2v) is 4.90. The molecule has 0 aliphatic carbocycles. The third kappa shape index (κ3) is 6.31. The van der Waals surface area contributed by atoms with Crippen LogP contribution in [0.4, 0.5) is 0 Å². The lowest BCUT2D eigenvalue weighted by Crippen LogP contribution is -2.10. The van der Waals surface area contributed by atoms with Crippen LogP contribution in [-0.2, 0) is 16.0 Å². The van der Waals surface area contributed by atoms with Gasteiger partial charge in [-0.15, -0.1) is 0 Å². The van der Waals surface area contributed by atoms with Gasteiger partial charge in [0.1, 0.15) is 6.73 Å². The van der Waals surface area contributed by atoms with Gasteiger partial charge >= 0.3 is 7.82 Å². The van der Waals surface area contributed by atoms with E-state index in [2.05, 4.69) is 15.0 Å². The van der Waals surface area contributed by atoms with Crippen LogP contribution in [0.5, 0.6) is 0 Å². The van der Waals surface area contributed by atoms with Crippen LogP contribution in [0.2, 0.25) is 5.28 Å². The number of ether oxygens (including phenoxy) is 1. The minimum Gasteiger partial charge on any atom is -0.394 e. The molecule has 0 spiro atoms. The molecule has 13 heteroatoms. The van der Waals surface area contributed by atoms with E-state index >= 15 is 0 Å². The number of imidazole rings is 1. The Morgan fingerprint density at radius 2 is 2.05 bits per heavy atom. The molecule has 0 aliphatic rings. The van der Waals surface area contributed by atoms with Crippen molar-refractivity contribution in [2.75, 3.05) is 13.2 Å². The second kappa shape index (κ2) is 7.61. The topological polar surface area (TPSA) is 171 Å².